The number of amidine groups is 1. The van der Waals surface area contributed by atoms with Gasteiger partial charge in [-0.3, -0.25) is 9.59 Å². The number of nitrogens with zero attached hydrogens (tertiary/aromatic N) is 5. The first-order valence-electron chi connectivity index (χ1n) is 11.2. The van der Waals surface area contributed by atoms with Crippen LogP contribution in [0.4, 0.5) is 5.82 Å². The van der Waals surface area contributed by atoms with Gasteiger partial charge in [-0.1, -0.05) is 12.1 Å². The Morgan fingerprint density at radius 2 is 1.89 bits per heavy atom. The maximum absolute atomic E-state index is 12.9. The van der Waals surface area contributed by atoms with E-state index < -0.39 is 0 Å². The lowest BCUT2D eigenvalue weighted by molar-refractivity contribution is -0.120. The zero-order chi connectivity index (χ0) is 24.4. The number of para-hydroxylation sites is 2. The number of aromatic nitrogens is 4. The Kier molecular flexibility index (Phi) is 5.92. The van der Waals surface area contributed by atoms with E-state index >= 15 is 0 Å². The number of anilines is 1. The lowest BCUT2D eigenvalue weighted by atomic mass is 10.1. The van der Waals surface area contributed by atoms with Gasteiger partial charge in [-0.15, -0.1) is 0 Å². The molecule has 10 heteroatoms. The smallest absolute Gasteiger partial charge is 0.263 e. The number of aliphatic imine (C=N–C) groups is 1. The van der Waals surface area contributed by atoms with Crippen LogP contribution in [0.25, 0.3) is 11.0 Å². The minimum Gasteiger partial charge on any atom is -0.436 e. The number of ether oxygens (including phenoxy) is 1. The van der Waals surface area contributed by atoms with E-state index in [1.54, 1.807) is 43.6 Å². The van der Waals surface area contributed by atoms with Crippen LogP contribution in [-0.4, -0.2) is 50.6 Å². The Morgan fingerprint density at radius 1 is 1.11 bits per heavy atom. The van der Waals surface area contributed by atoms with Gasteiger partial charge in [0.15, 0.2) is 11.6 Å². The fourth-order valence-electron chi connectivity index (χ4n) is 4.01. The largest absolute Gasteiger partial charge is 0.436 e. The molecule has 35 heavy (non-hydrogen) atoms. The van der Waals surface area contributed by atoms with Gasteiger partial charge in [0.05, 0.1) is 22.8 Å². The molecule has 176 valence electrons. The number of carbonyl (C=O) groups excluding carboxylic acids is 2. The van der Waals surface area contributed by atoms with Gasteiger partial charge in [0.2, 0.25) is 5.78 Å². The molecule has 10 nitrogen and oxygen atoms in total. The predicted octanol–water partition coefficient (Wildman–Crippen LogP) is 3.11. The number of hydrogen-bond donors (Lipinski definition) is 2. The summed E-state index contributed by atoms with van der Waals surface area (Å²) in [5.74, 6) is 1.19. The van der Waals surface area contributed by atoms with E-state index in [2.05, 4.69) is 24.9 Å². The maximum Gasteiger partial charge on any atom is 0.263 e. The van der Waals surface area contributed by atoms with Crippen LogP contribution in [0.3, 0.4) is 0 Å². The number of benzene rings is 2. The van der Waals surface area contributed by atoms with Crippen LogP contribution in [0.5, 0.6) is 11.6 Å². The zero-order valence-electron chi connectivity index (χ0n) is 19.0. The summed E-state index contributed by atoms with van der Waals surface area (Å²) in [5.41, 5.74) is 7.57. The molecule has 1 amide bonds. The van der Waals surface area contributed by atoms with Crippen molar-refractivity contribution in [3.8, 4) is 11.6 Å². The van der Waals surface area contributed by atoms with Crippen LogP contribution < -0.4 is 15.4 Å². The minimum atomic E-state index is -0.257. The molecular formula is C25H23N7O3. The van der Waals surface area contributed by atoms with E-state index in [9.17, 15) is 9.59 Å². The van der Waals surface area contributed by atoms with Crippen LogP contribution in [0.1, 0.15) is 29.5 Å². The van der Waals surface area contributed by atoms with E-state index in [-0.39, 0.29) is 29.3 Å². The molecular weight excluding hydrogens is 446 g/mol. The number of carbonyl (C=O) groups is 2. The molecule has 0 bridgehead atoms. The number of imidazole rings is 1. The van der Waals surface area contributed by atoms with Crippen molar-refractivity contribution in [1.29, 1.82) is 0 Å². The van der Waals surface area contributed by atoms with Gasteiger partial charge in [-0.2, -0.15) is 0 Å². The molecule has 1 saturated heterocycles. The normalized spacial score (nSPS) is 16.0. The molecule has 1 fully saturated rings. The zero-order valence-corrected chi connectivity index (χ0v) is 19.0. The van der Waals surface area contributed by atoms with Crippen molar-refractivity contribution < 1.29 is 14.3 Å². The van der Waals surface area contributed by atoms with Crippen LogP contribution in [0.15, 0.2) is 65.9 Å². The molecule has 4 aromatic rings. The molecule has 0 aliphatic carbocycles. The molecule has 2 aromatic heterocycles. The summed E-state index contributed by atoms with van der Waals surface area (Å²) in [7, 11) is 0. The van der Waals surface area contributed by atoms with E-state index in [0.29, 0.717) is 42.5 Å². The number of H-pyrrole nitrogens is 1. The quantitative estimate of drug-likeness (QED) is 0.249. The summed E-state index contributed by atoms with van der Waals surface area (Å²) < 4.78 is 5.99. The number of hydrogen-bond acceptors (Lipinski definition) is 7. The average molecular weight is 470 g/mol. The first kappa shape index (κ1) is 22.2. The molecule has 0 spiro atoms. The summed E-state index contributed by atoms with van der Waals surface area (Å²) in [6, 6.07) is 14.2. The van der Waals surface area contributed by atoms with Gasteiger partial charge >= 0.3 is 0 Å². The highest BCUT2D eigenvalue weighted by atomic mass is 16.5. The number of ketones is 1. The number of aromatic amines is 1. The summed E-state index contributed by atoms with van der Waals surface area (Å²) >= 11 is 0. The van der Waals surface area contributed by atoms with E-state index in [0.717, 1.165) is 11.0 Å². The summed E-state index contributed by atoms with van der Waals surface area (Å²) in [4.78, 5) is 47.1. The summed E-state index contributed by atoms with van der Waals surface area (Å²) in [6.45, 7) is 2.67. The topological polar surface area (TPSA) is 139 Å². The second-order valence-corrected chi connectivity index (χ2v) is 8.27. The van der Waals surface area contributed by atoms with Crippen molar-refractivity contribution in [3.05, 3.63) is 72.3 Å². The molecule has 0 radical (unpaired) electrons. The fraction of sp³-hybridized carbons (Fsp3) is 0.200. The van der Waals surface area contributed by atoms with Crippen molar-refractivity contribution in [2.45, 2.75) is 13.3 Å². The van der Waals surface area contributed by atoms with Crippen molar-refractivity contribution in [1.82, 2.24) is 19.9 Å². The Morgan fingerprint density at radius 3 is 2.66 bits per heavy atom. The number of rotatable bonds is 6. The standard InChI is InChI=1S/C25H23N7O3/c1-15(26)29-24(34)17-10-13-32(14-17)23-25(28-12-11-27-23)35-18-8-6-16(7-9-18)21(33)22-30-19-4-2-3-5-20(19)31-22/h2-9,11-12,17H,10,13-14H2,1H3,(H,30,31)(H2,26,29,34). The first-order chi connectivity index (χ1) is 17.0. The molecule has 1 atom stereocenters. The lowest BCUT2D eigenvalue weighted by Gasteiger charge is -2.19. The fourth-order valence-corrected chi connectivity index (χ4v) is 4.01. The minimum absolute atomic E-state index is 0.212. The monoisotopic (exact) mass is 469 g/mol. The van der Waals surface area contributed by atoms with Crippen molar-refractivity contribution >= 4 is 34.4 Å². The third-order valence-corrected chi connectivity index (χ3v) is 5.71. The van der Waals surface area contributed by atoms with Crippen molar-refractivity contribution in [3.63, 3.8) is 0 Å². The molecule has 5 rings (SSSR count). The van der Waals surface area contributed by atoms with E-state index in [1.807, 2.05) is 29.2 Å². The molecule has 0 saturated carbocycles. The van der Waals surface area contributed by atoms with Gasteiger partial charge in [-0.05, 0) is 49.7 Å². The van der Waals surface area contributed by atoms with Gasteiger partial charge in [0.1, 0.15) is 5.75 Å². The van der Waals surface area contributed by atoms with Crippen molar-refractivity contribution in [2.24, 2.45) is 16.6 Å². The van der Waals surface area contributed by atoms with Gasteiger partial charge in [0.25, 0.3) is 11.8 Å². The van der Waals surface area contributed by atoms with Gasteiger partial charge in [0, 0.05) is 31.0 Å². The second-order valence-electron chi connectivity index (χ2n) is 8.27. The second kappa shape index (κ2) is 9.34. The van der Waals surface area contributed by atoms with Gasteiger partial charge in [-0.25, -0.2) is 19.9 Å². The van der Waals surface area contributed by atoms with Crippen LogP contribution in [-0.2, 0) is 4.79 Å². The predicted molar refractivity (Wildman–Crippen MR) is 131 cm³/mol. The van der Waals surface area contributed by atoms with Gasteiger partial charge < -0.3 is 20.4 Å². The Bertz CT molecular complexity index is 1390. The highest BCUT2D eigenvalue weighted by Gasteiger charge is 2.31. The summed E-state index contributed by atoms with van der Waals surface area (Å²) in [6.07, 6.45) is 3.76. The first-order valence-corrected chi connectivity index (χ1v) is 11.2. The Balaban J connectivity index is 1.30. The third kappa shape index (κ3) is 4.72. The van der Waals surface area contributed by atoms with E-state index in [1.165, 1.54) is 0 Å². The SMILES string of the molecule is CC(N)=NC(=O)C1CCN(c2nccnc2Oc2ccc(C(=O)c3nc4ccccc4[nH]3)cc2)C1. The van der Waals surface area contributed by atoms with Crippen LogP contribution >= 0.6 is 0 Å². The lowest BCUT2D eigenvalue weighted by Crippen LogP contribution is -2.24. The molecule has 1 aliphatic rings. The molecule has 2 aromatic carbocycles. The molecule has 1 unspecified atom stereocenters. The van der Waals surface area contributed by atoms with E-state index in [4.69, 9.17) is 10.5 Å². The average Bonchev–Trinajstić information content (AvgIpc) is 3.52. The summed E-state index contributed by atoms with van der Waals surface area (Å²) in [5, 5.41) is 0. The number of nitrogens with one attached hydrogen (secondary N) is 1. The van der Waals surface area contributed by atoms with Crippen LogP contribution in [0, 0.1) is 5.92 Å². The number of nitrogens with two attached hydrogens (primary N) is 1. The number of fused-ring (bicyclic) bond motifs is 1. The van der Waals surface area contributed by atoms with Crippen LogP contribution in [0.2, 0.25) is 0 Å². The Labute approximate surface area is 200 Å². The maximum atomic E-state index is 12.9. The highest BCUT2D eigenvalue weighted by molar-refractivity contribution is 6.08. The molecule has 1 aliphatic heterocycles. The molecule has 3 N–H and O–H groups in total. The number of amides is 1. The Hall–Kier alpha value is -4.60. The van der Waals surface area contributed by atoms with Crippen molar-refractivity contribution in [2.75, 3.05) is 18.0 Å². The third-order valence-electron chi connectivity index (χ3n) is 5.71. The highest BCUT2D eigenvalue weighted by Crippen LogP contribution is 2.32. The molecule has 3 heterocycles.